The number of likely N-dealkylation sites (tertiary alicyclic amines) is 1. The summed E-state index contributed by atoms with van der Waals surface area (Å²) in [5.41, 5.74) is 0. The van der Waals surface area contributed by atoms with Crippen molar-refractivity contribution in [3.8, 4) is 0 Å². The normalized spacial score (nSPS) is 22.3. The molecule has 0 bridgehead atoms. The second-order valence-corrected chi connectivity index (χ2v) is 4.34. The fourth-order valence-corrected chi connectivity index (χ4v) is 2.19. The number of amides is 2. The maximum atomic E-state index is 11.9. The fraction of sp³-hybridized carbons (Fsp3) is 0.833. The van der Waals surface area contributed by atoms with Crippen molar-refractivity contribution in [2.24, 2.45) is 0 Å². The number of hydrogen-bond donors (Lipinski definition) is 1. The Hall–Kier alpha value is -0.940. The van der Waals surface area contributed by atoms with Crippen molar-refractivity contribution in [2.75, 3.05) is 20.3 Å². The number of ether oxygens (including phenoxy) is 1. The Morgan fingerprint density at radius 1 is 1.47 bits per heavy atom. The zero-order valence-electron chi connectivity index (χ0n) is 10.9. The molecule has 5 heteroatoms. The minimum atomic E-state index is -0.367. The molecule has 0 aromatic carbocycles. The van der Waals surface area contributed by atoms with Crippen LogP contribution < -0.4 is 5.32 Å². The third kappa shape index (κ3) is 3.51. The molecule has 2 unspecified atom stereocenters. The lowest BCUT2D eigenvalue weighted by Crippen LogP contribution is -2.45. The molecule has 1 saturated heterocycles. The lowest BCUT2D eigenvalue weighted by atomic mass is 10.1. The van der Waals surface area contributed by atoms with Crippen LogP contribution in [-0.2, 0) is 14.3 Å². The van der Waals surface area contributed by atoms with E-state index < -0.39 is 0 Å². The van der Waals surface area contributed by atoms with Crippen LogP contribution in [-0.4, -0.2) is 49.1 Å². The van der Waals surface area contributed by atoms with E-state index in [9.17, 15) is 9.59 Å². The molecule has 0 saturated carbocycles. The lowest BCUT2D eigenvalue weighted by molar-refractivity contribution is -0.138. The number of imide groups is 1. The third-order valence-corrected chi connectivity index (χ3v) is 3.00. The van der Waals surface area contributed by atoms with Crippen molar-refractivity contribution in [3.63, 3.8) is 0 Å². The largest absolute Gasteiger partial charge is 0.383 e. The van der Waals surface area contributed by atoms with Gasteiger partial charge in [0, 0.05) is 19.7 Å². The quantitative estimate of drug-likeness (QED) is 0.662. The van der Waals surface area contributed by atoms with Crippen molar-refractivity contribution >= 4 is 11.8 Å². The van der Waals surface area contributed by atoms with Gasteiger partial charge in [0.2, 0.25) is 11.8 Å². The van der Waals surface area contributed by atoms with Crippen LogP contribution in [0, 0.1) is 0 Å². The molecular formula is C12H22N2O3. The summed E-state index contributed by atoms with van der Waals surface area (Å²) in [4.78, 5) is 24.8. The Balaban J connectivity index is 2.56. The first-order valence-corrected chi connectivity index (χ1v) is 6.23. The van der Waals surface area contributed by atoms with E-state index in [-0.39, 0.29) is 30.3 Å². The van der Waals surface area contributed by atoms with E-state index in [0.29, 0.717) is 13.2 Å². The summed E-state index contributed by atoms with van der Waals surface area (Å²) in [7, 11) is 1.64. The first kappa shape index (κ1) is 14.1. The Kier molecular flexibility index (Phi) is 5.58. The van der Waals surface area contributed by atoms with E-state index in [4.69, 9.17) is 4.74 Å². The van der Waals surface area contributed by atoms with E-state index >= 15 is 0 Å². The summed E-state index contributed by atoms with van der Waals surface area (Å²) in [6.45, 7) is 4.93. The minimum Gasteiger partial charge on any atom is -0.383 e. The zero-order valence-corrected chi connectivity index (χ0v) is 10.9. The molecule has 2 amide bonds. The summed E-state index contributed by atoms with van der Waals surface area (Å²) >= 11 is 0. The van der Waals surface area contributed by atoms with Gasteiger partial charge in [0.05, 0.1) is 19.1 Å². The Labute approximate surface area is 102 Å². The highest BCUT2D eigenvalue weighted by molar-refractivity contribution is 6.05. The fourth-order valence-electron chi connectivity index (χ4n) is 2.19. The molecule has 0 radical (unpaired) electrons. The molecule has 0 aliphatic carbocycles. The zero-order chi connectivity index (χ0) is 12.8. The molecule has 0 spiro atoms. The Morgan fingerprint density at radius 3 is 2.65 bits per heavy atom. The van der Waals surface area contributed by atoms with Crippen molar-refractivity contribution < 1.29 is 14.3 Å². The van der Waals surface area contributed by atoms with E-state index in [2.05, 4.69) is 12.2 Å². The van der Waals surface area contributed by atoms with Crippen LogP contribution in [0.3, 0.4) is 0 Å². The number of carbonyl (C=O) groups is 2. The first-order valence-electron chi connectivity index (χ1n) is 6.23. The minimum absolute atomic E-state index is 0.0809. The number of nitrogens with zero attached hydrogens (tertiary/aromatic N) is 1. The van der Waals surface area contributed by atoms with Crippen LogP contribution in [0.2, 0.25) is 0 Å². The van der Waals surface area contributed by atoms with E-state index in [1.807, 2.05) is 6.92 Å². The first-order chi connectivity index (χ1) is 8.13. The molecular weight excluding hydrogens is 220 g/mol. The van der Waals surface area contributed by atoms with Crippen LogP contribution in [0.4, 0.5) is 0 Å². The summed E-state index contributed by atoms with van der Waals surface area (Å²) in [5, 5.41) is 3.23. The van der Waals surface area contributed by atoms with Crippen LogP contribution in [0.15, 0.2) is 0 Å². The second kappa shape index (κ2) is 6.71. The summed E-state index contributed by atoms with van der Waals surface area (Å²) in [6, 6.07) is -0.224. The average molecular weight is 242 g/mol. The molecule has 1 rings (SSSR count). The molecule has 0 aromatic heterocycles. The molecule has 1 heterocycles. The van der Waals surface area contributed by atoms with Crippen LogP contribution in [0.1, 0.15) is 33.1 Å². The van der Waals surface area contributed by atoms with Crippen molar-refractivity contribution in [3.05, 3.63) is 0 Å². The second-order valence-electron chi connectivity index (χ2n) is 4.34. The number of likely N-dealkylation sites (N-methyl/N-ethyl adjacent to an activating group) is 1. The van der Waals surface area contributed by atoms with Gasteiger partial charge in [0.1, 0.15) is 0 Å². The standard InChI is InChI=1S/C12H22N2O3/c1-4-6-9(8-17-3)13-10-7-11(15)14(5-2)12(10)16/h9-10,13H,4-8H2,1-3H3. The van der Waals surface area contributed by atoms with E-state index in [0.717, 1.165) is 12.8 Å². The van der Waals surface area contributed by atoms with Gasteiger partial charge in [-0.25, -0.2) is 0 Å². The van der Waals surface area contributed by atoms with Gasteiger partial charge in [-0.1, -0.05) is 13.3 Å². The van der Waals surface area contributed by atoms with Gasteiger partial charge in [0.15, 0.2) is 0 Å². The molecule has 17 heavy (non-hydrogen) atoms. The maximum Gasteiger partial charge on any atom is 0.246 e. The summed E-state index contributed by atoms with van der Waals surface area (Å²) < 4.78 is 5.11. The van der Waals surface area contributed by atoms with Crippen LogP contribution >= 0.6 is 0 Å². The highest BCUT2D eigenvalue weighted by atomic mass is 16.5. The Bertz CT molecular complexity index is 275. The maximum absolute atomic E-state index is 11.9. The van der Waals surface area contributed by atoms with Crippen molar-refractivity contribution in [2.45, 2.75) is 45.2 Å². The number of rotatable bonds is 7. The average Bonchev–Trinajstić information content (AvgIpc) is 2.54. The Morgan fingerprint density at radius 2 is 2.18 bits per heavy atom. The van der Waals surface area contributed by atoms with Gasteiger partial charge in [0.25, 0.3) is 0 Å². The number of nitrogens with one attached hydrogen (secondary N) is 1. The van der Waals surface area contributed by atoms with Gasteiger partial charge in [-0.05, 0) is 13.3 Å². The van der Waals surface area contributed by atoms with Gasteiger partial charge >= 0.3 is 0 Å². The highest BCUT2D eigenvalue weighted by Crippen LogP contribution is 2.14. The third-order valence-electron chi connectivity index (χ3n) is 3.00. The number of hydrogen-bond acceptors (Lipinski definition) is 4. The monoisotopic (exact) mass is 242 g/mol. The van der Waals surface area contributed by atoms with Gasteiger partial charge < -0.3 is 10.1 Å². The molecule has 1 N–H and O–H groups in total. The van der Waals surface area contributed by atoms with Gasteiger partial charge in [-0.15, -0.1) is 0 Å². The predicted octanol–water partition coefficient (Wildman–Crippen LogP) is 0.538. The van der Waals surface area contributed by atoms with Gasteiger partial charge in [-0.2, -0.15) is 0 Å². The number of carbonyl (C=O) groups excluding carboxylic acids is 2. The lowest BCUT2D eigenvalue weighted by Gasteiger charge is -2.20. The molecule has 1 aliphatic rings. The smallest absolute Gasteiger partial charge is 0.246 e. The molecule has 0 aromatic rings. The van der Waals surface area contributed by atoms with E-state index in [1.165, 1.54) is 4.90 Å². The molecule has 5 nitrogen and oxygen atoms in total. The van der Waals surface area contributed by atoms with Crippen LogP contribution in [0.25, 0.3) is 0 Å². The molecule has 98 valence electrons. The van der Waals surface area contributed by atoms with Crippen LogP contribution in [0.5, 0.6) is 0 Å². The summed E-state index contributed by atoms with van der Waals surface area (Å²) in [6.07, 6.45) is 2.24. The molecule has 2 atom stereocenters. The van der Waals surface area contributed by atoms with E-state index in [1.54, 1.807) is 7.11 Å². The highest BCUT2D eigenvalue weighted by Gasteiger charge is 2.38. The summed E-state index contributed by atoms with van der Waals surface area (Å²) in [5.74, 6) is -0.183. The molecule has 1 fully saturated rings. The van der Waals surface area contributed by atoms with Gasteiger partial charge in [-0.3, -0.25) is 14.5 Å². The topological polar surface area (TPSA) is 58.6 Å². The number of methoxy groups -OCH3 is 1. The predicted molar refractivity (Wildman–Crippen MR) is 64.5 cm³/mol. The van der Waals surface area contributed by atoms with Crippen molar-refractivity contribution in [1.82, 2.24) is 10.2 Å². The molecule has 1 aliphatic heterocycles. The SMILES string of the molecule is CCCC(COC)NC1CC(=O)N(CC)C1=O. The van der Waals surface area contributed by atoms with Crippen molar-refractivity contribution in [1.29, 1.82) is 0 Å².